The van der Waals surface area contributed by atoms with Crippen LogP contribution in [0.2, 0.25) is 0 Å². The van der Waals surface area contributed by atoms with Crippen molar-refractivity contribution in [3.8, 4) is 23.1 Å². The van der Waals surface area contributed by atoms with Gasteiger partial charge in [-0.15, -0.1) is 13.2 Å². The number of benzene rings is 3. The zero-order chi connectivity index (χ0) is 25.7. The molecular formula is C25H19F4N3O4. The molecule has 36 heavy (non-hydrogen) atoms. The van der Waals surface area contributed by atoms with Crippen molar-refractivity contribution in [1.29, 1.82) is 0 Å². The van der Waals surface area contributed by atoms with E-state index in [1.54, 1.807) is 31.2 Å². The maximum Gasteiger partial charge on any atom is 0.573 e. The van der Waals surface area contributed by atoms with Crippen molar-refractivity contribution in [2.75, 3.05) is 5.32 Å². The van der Waals surface area contributed by atoms with Crippen molar-refractivity contribution in [1.82, 2.24) is 9.97 Å². The second-order valence-electron chi connectivity index (χ2n) is 7.49. The molecule has 1 amide bonds. The summed E-state index contributed by atoms with van der Waals surface area (Å²) in [6.45, 7) is 1.76. The number of anilines is 1. The highest BCUT2D eigenvalue weighted by Gasteiger charge is 2.31. The summed E-state index contributed by atoms with van der Waals surface area (Å²) in [4.78, 5) is 21.0. The van der Waals surface area contributed by atoms with Crippen LogP contribution in [0, 0.1) is 5.82 Å². The van der Waals surface area contributed by atoms with Gasteiger partial charge in [0.1, 0.15) is 23.1 Å². The van der Waals surface area contributed by atoms with Crippen LogP contribution >= 0.6 is 0 Å². The van der Waals surface area contributed by atoms with E-state index in [9.17, 15) is 22.4 Å². The van der Waals surface area contributed by atoms with Gasteiger partial charge >= 0.3 is 6.36 Å². The predicted octanol–water partition coefficient (Wildman–Crippen LogP) is 6.26. The average Bonchev–Trinajstić information content (AvgIpc) is 2.84. The molecule has 1 unspecified atom stereocenters. The molecule has 11 heteroatoms. The van der Waals surface area contributed by atoms with Gasteiger partial charge in [-0.2, -0.15) is 0 Å². The van der Waals surface area contributed by atoms with Crippen molar-refractivity contribution < 1.29 is 36.6 Å². The fourth-order valence-corrected chi connectivity index (χ4v) is 3.17. The molecule has 1 aromatic heterocycles. The first-order valence-electron chi connectivity index (χ1n) is 10.7. The van der Waals surface area contributed by atoms with E-state index in [0.717, 1.165) is 12.1 Å². The van der Waals surface area contributed by atoms with Gasteiger partial charge < -0.3 is 19.5 Å². The molecule has 0 saturated carbocycles. The Hall–Kier alpha value is -4.41. The SMILES string of the molecule is CCC(Oc1ccc(Oc2cnc3cc(F)ccc3n2)cc1)C(=O)Nc1ccc(OC(F)(F)F)cc1. The fraction of sp³-hybridized carbons (Fsp3) is 0.160. The van der Waals surface area contributed by atoms with E-state index < -0.39 is 29.9 Å². The van der Waals surface area contributed by atoms with Crippen molar-refractivity contribution in [3.63, 3.8) is 0 Å². The third kappa shape index (κ3) is 6.59. The first kappa shape index (κ1) is 24.7. The smallest absolute Gasteiger partial charge is 0.481 e. The third-order valence-corrected chi connectivity index (χ3v) is 4.83. The number of alkyl halides is 3. The Labute approximate surface area is 202 Å². The monoisotopic (exact) mass is 501 g/mol. The Morgan fingerprint density at radius 2 is 1.61 bits per heavy atom. The van der Waals surface area contributed by atoms with Crippen molar-refractivity contribution in [2.24, 2.45) is 0 Å². The molecule has 0 bridgehead atoms. The van der Waals surface area contributed by atoms with Crippen LogP contribution in [-0.2, 0) is 4.79 Å². The zero-order valence-electron chi connectivity index (χ0n) is 18.8. The minimum absolute atomic E-state index is 0.222. The highest BCUT2D eigenvalue weighted by Crippen LogP contribution is 2.26. The molecule has 0 aliphatic heterocycles. The van der Waals surface area contributed by atoms with Gasteiger partial charge in [0.25, 0.3) is 5.91 Å². The Morgan fingerprint density at radius 3 is 2.28 bits per heavy atom. The van der Waals surface area contributed by atoms with Crippen LogP contribution in [0.5, 0.6) is 23.1 Å². The Morgan fingerprint density at radius 1 is 0.944 bits per heavy atom. The van der Waals surface area contributed by atoms with Gasteiger partial charge in [0.2, 0.25) is 5.88 Å². The molecule has 0 spiro atoms. The van der Waals surface area contributed by atoms with Crippen molar-refractivity contribution >= 4 is 22.6 Å². The highest BCUT2D eigenvalue weighted by atomic mass is 19.4. The molecule has 0 fully saturated rings. The minimum Gasteiger partial charge on any atom is -0.481 e. The quantitative estimate of drug-likeness (QED) is 0.287. The summed E-state index contributed by atoms with van der Waals surface area (Å²) in [7, 11) is 0. The summed E-state index contributed by atoms with van der Waals surface area (Å²) in [6.07, 6.45) is -3.93. The molecule has 7 nitrogen and oxygen atoms in total. The first-order valence-corrected chi connectivity index (χ1v) is 10.7. The lowest BCUT2D eigenvalue weighted by molar-refractivity contribution is -0.274. The Bertz CT molecular complexity index is 1350. The number of hydrogen-bond donors (Lipinski definition) is 1. The molecule has 0 aliphatic rings. The molecule has 4 rings (SSSR count). The number of nitrogens with one attached hydrogen (secondary N) is 1. The lowest BCUT2D eigenvalue weighted by atomic mass is 10.2. The fourth-order valence-electron chi connectivity index (χ4n) is 3.17. The summed E-state index contributed by atoms with van der Waals surface area (Å²) < 4.78 is 65.4. The van der Waals surface area contributed by atoms with Gasteiger partial charge in [-0.05, 0) is 67.1 Å². The average molecular weight is 501 g/mol. The number of rotatable bonds is 8. The number of aromatic nitrogens is 2. The second-order valence-corrected chi connectivity index (χ2v) is 7.49. The van der Waals surface area contributed by atoms with E-state index in [4.69, 9.17) is 9.47 Å². The number of hydrogen-bond acceptors (Lipinski definition) is 6. The Balaban J connectivity index is 1.35. The number of nitrogens with zero attached hydrogens (tertiary/aromatic N) is 2. The molecule has 4 aromatic rings. The maximum atomic E-state index is 13.3. The van der Waals surface area contributed by atoms with E-state index in [1.807, 2.05) is 0 Å². The first-order chi connectivity index (χ1) is 17.2. The standard InChI is InChI=1S/C25H19F4N3O4/c1-2-22(24(33)31-16-4-6-19(7-5-16)36-25(27,28)29)34-17-8-10-18(11-9-17)35-23-14-30-21-13-15(26)3-12-20(21)32-23/h3-14,22H,2H2,1H3,(H,31,33). The summed E-state index contributed by atoms with van der Waals surface area (Å²) in [5.41, 5.74) is 1.17. The zero-order valence-corrected chi connectivity index (χ0v) is 18.8. The van der Waals surface area contributed by atoms with E-state index in [1.165, 1.54) is 36.5 Å². The Kier molecular flexibility index (Phi) is 7.18. The van der Waals surface area contributed by atoms with E-state index in [-0.39, 0.29) is 5.88 Å². The molecule has 0 radical (unpaired) electrons. The van der Waals surface area contributed by atoms with Gasteiger partial charge in [0.05, 0.1) is 17.2 Å². The van der Waals surface area contributed by atoms with Gasteiger partial charge in [-0.25, -0.2) is 14.4 Å². The van der Waals surface area contributed by atoms with Crippen molar-refractivity contribution in [3.05, 3.63) is 78.7 Å². The van der Waals surface area contributed by atoms with Gasteiger partial charge in [0.15, 0.2) is 6.10 Å². The van der Waals surface area contributed by atoms with Crippen molar-refractivity contribution in [2.45, 2.75) is 25.8 Å². The minimum atomic E-state index is -4.80. The number of carbonyl (C=O) groups is 1. The molecule has 3 aromatic carbocycles. The largest absolute Gasteiger partial charge is 0.573 e. The summed E-state index contributed by atoms with van der Waals surface area (Å²) >= 11 is 0. The van der Waals surface area contributed by atoms with Crippen LogP contribution in [0.4, 0.5) is 23.2 Å². The number of halogens is 4. The van der Waals surface area contributed by atoms with Gasteiger partial charge in [0, 0.05) is 11.8 Å². The predicted molar refractivity (Wildman–Crippen MR) is 122 cm³/mol. The van der Waals surface area contributed by atoms with E-state index in [2.05, 4.69) is 20.0 Å². The van der Waals surface area contributed by atoms with E-state index >= 15 is 0 Å². The van der Waals surface area contributed by atoms with Crippen LogP contribution < -0.4 is 19.5 Å². The molecule has 1 heterocycles. The van der Waals surface area contributed by atoms with E-state index in [0.29, 0.717) is 34.6 Å². The van der Waals surface area contributed by atoms with Crippen LogP contribution in [0.15, 0.2) is 72.9 Å². The molecule has 0 aliphatic carbocycles. The highest BCUT2D eigenvalue weighted by molar-refractivity contribution is 5.94. The molecule has 0 saturated heterocycles. The van der Waals surface area contributed by atoms with Crippen LogP contribution in [0.3, 0.4) is 0 Å². The number of amides is 1. The number of ether oxygens (including phenoxy) is 3. The van der Waals surface area contributed by atoms with Gasteiger partial charge in [-0.3, -0.25) is 4.79 Å². The molecule has 186 valence electrons. The lowest BCUT2D eigenvalue weighted by Gasteiger charge is -2.18. The summed E-state index contributed by atoms with van der Waals surface area (Å²) in [5.74, 6) is -0.205. The number of fused-ring (bicyclic) bond motifs is 1. The molecular weight excluding hydrogens is 482 g/mol. The summed E-state index contributed by atoms with van der Waals surface area (Å²) in [5, 5.41) is 2.60. The van der Waals surface area contributed by atoms with Crippen LogP contribution in [-0.4, -0.2) is 28.3 Å². The topological polar surface area (TPSA) is 82.6 Å². The summed E-state index contributed by atoms with van der Waals surface area (Å²) in [6, 6.07) is 15.3. The third-order valence-electron chi connectivity index (χ3n) is 4.83. The second kappa shape index (κ2) is 10.5. The van der Waals surface area contributed by atoms with Crippen LogP contribution in [0.25, 0.3) is 11.0 Å². The molecule has 1 atom stereocenters. The molecule has 1 N–H and O–H groups in total. The number of carbonyl (C=O) groups excluding carboxylic acids is 1. The maximum absolute atomic E-state index is 13.3. The van der Waals surface area contributed by atoms with Gasteiger partial charge in [-0.1, -0.05) is 6.92 Å². The lowest BCUT2D eigenvalue weighted by Crippen LogP contribution is -2.32. The normalized spacial score (nSPS) is 12.1. The van der Waals surface area contributed by atoms with Crippen LogP contribution in [0.1, 0.15) is 13.3 Å².